The average Bonchev–Trinajstić information content (AvgIpc) is 3.50. The lowest BCUT2D eigenvalue weighted by Crippen LogP contribution is -2.47. The van der Waals surface area contributed by atoms with Gasteiger partial charge in [0.05, 0.1) is 6.54 Å². The summed E-state index contributed by atoms with van der Waals surface area (Å²) in [5.74, 6) is 0.819. The molecule has 2 aliphatic heterocycles. The van der Waals surface area contributed by atoms with Crippen molar-refractivity contribution in [2.75, 3.05) is 25.0 Å². The highest BCUT2D eigenvalue weighted by Crippen LogP contribution is 2.24. The molecule has 5 rings (SSSR count). The summed E-state index contributed by atoms with van der Waals surface area (Å²) in [6.45, 7) is 3.19. The van der Waals surface area contributed by atoms with Crippen molar-refractivity contribution in [1.29, 1.82) is 5.26 Å². The zero-order valence-corrected chi connectivity index (χ0v) is 22.2. The molecule has 2 fully saturated rings. The van der Waals surface area contributed by atoms with Crippen LogP contribution in [-0.2, 0) is 16.0 Å². The fraction of sp³-hybridized carbons (Fsp3) is 0.400. The maximum absolute atomic E-state index is 13.5. The molecular formula is C30H34N6O3. The Balaban J connectivity index is 1.27. The highest BCUT2D eigenvalue weighted by atomic mass is 16.3. The highest BCUT2D eigenvalue weighted by Gasteiger charge is 2.33. The second-order valence-electron chi connectivity index (χ2n) is 10.3. The maximum atomic E-state index is 13.5. The van der Waals surface area contributed by atoms with Crippen LogP contribution < -0.4 is 10.6 Å². The Morgan fingerprint density at radius 1 is 1.10 bits per heavy atom. The summed E-state index contributed by atoms with van der Waals surface area (Å²) >= 11 is 0. The Morgan fingerprint density at radius 3 is 2.77 bits per heavy atom. The van der Waals surface area contributed by atoms with Crippen molar-refractivity contribution in [1.82, 2.24) is 15.1 Å². The van der Waals surface area contributed by atoms with E-state index in [-0.39, 0.29) is 30.4 Å². The lowest BCUT2D eigenvalue weighted by Gasteiger charge is -2.29. The van der Waals surface area contributed by atoms with Crippen LogP contribution in [0.4, 0.5) is 5.69 Å². The van der Waals surface area contributed by atoms with E-state index in [0.29, 0.717) is 13.0 Å². The maximum Gasteiger partial charge on any atom is 0.247 e. The van der Waals surface area contributed by atoms with E-state index in [1.165, 1.54) is 5.56 Å². The van der Waals surface area contributed by atoms with Crippen LogP contribution in [0.2, 0.25) is 0 Å². The molecule has 3 heterocycles. The van der Waals surface area contributed by atoms with E-state index in [2.05, 4.69) is 27.8 Å². The number of carbonyl (C=O) groups excluding carboxylic acids is 2. The highest BCUT2D eigenvalue weighted by molar-refractivity contribution is 5.98. The Hall–Kier alpha value is -4.32. The van der Waals surface area contributed by atoms with Crippen LogP contribution in [0.5, 0.6) is 0 Å². The number of hydrogen-bond acceptors (Lipinski definition) is 5. The first-order chi connectivity index (χ1) is 19.0. The van der Waals surface area contributed by atoms with Gasteiger partial charge in [0.15, 0.2) is 6.19 Å². The molecule has 202 valence electrons. The number of nitrogens with one attached hydrogen (secondary N) is 2. The number of nitriles is 1. The predicted octanol–water partition coefficient (Wildman–Crippen LogP) is 4.19. The topological polar surface area (TPSA) is 114 Å². The number of hydrogen-bond donors (Lipinski definition) is 2. The molecule has 9 heteroatoms. The lowest BCUT2D eigenvalue weighted by atomic mass is 10.0. The molecule has 2 aromatic carbocycles. The number of fused-ring (bicyclic) bond motifs is 1. The van der Waals surface area contributed by atoms with Gasteiger partial charge in [-0.15, -0.1) is 0 Å². The van der Waals surface area contributed by atoms with Gasteiger partial charge in [-0.05, 0) is 75.3 Å². The molecule has 0 radical (unpaired) electrons. The Kier molecular flexibility index (Phi) is 8.11. The molecule has 2 saturated heterocycles. The van der Waals surface area contributed by atoms with Gasteiger partial charge in [0.2, 0.25) is 17.8 Å². The first-order valence-corrected chi connectivity index (χ1v) is 13.6. The molecule has 0 spiro atoms. The van der Waals surface area contributed by atoms with Crippen molar-refractivity contribution in [2.24, 2.45) is 4.99 Å². The largest absolute Gasteiger partial charge is 0.461 e. The molecular weight excluding hydrogens is 492 g/mol. The third-order valence-electron chi connectivity index (χ3n) is 7.45. The minimum Gasteiger partial charge on any atom is -0.461 e. The number of likely N-dealkylation sites (tertiary alicyclic amines) is 2. The van der Waals surface area contributed by atoms with Crippen molar-refractivity contribution in [2.45, 2.75) is 57.5 Å². The van der Waals surface area contributed by atoms with Crippen molar-refractivity contribution < 1.29 is 14.0 Å². The van der Waals surface area contributed by atoms with E-state index in [4.69, 9.17) is 4.42 Å². The Labute approximate surface area is 228 Å². The van der Waals surface area contributed by atoms with Crippen molar-refractivity contribution >= 4 is 34.4 Å². The van der Waals surface area contributed by atoms with E-state index in [0.717, 1.165) is 61.1 Å². The van der Waals surface area contributed by atoms with E-state index in [1.807, 2.05) is 60.5 Å². The van der Waals surface area contributed by atoms with Crippen LogP contribution in [0.1, 0.15) is 43.4 Å². The van der Waals surface area contributed by atoms with Gasteiger partial charge >= 0.3 is 0 Å². The average molecular weight is 527 g/mol. The van der Waals surface area contributed by atoms with Gasteiger partial charge in [-0.3, -0.25) is 14.9 Å². The number of guanidine groups is 1. The summed E-state index contributed by atoms with van der Waals surface area (Å²) in [7, 11) is 0. The second kappa shape index (κ2) is 12.0. The van der Waals surface area contributed by atoms with Crippen LogP contribution in [-0.4, -0.2) is 59.3 Å². The summed E-state index contributed by atoms with van der Waals surface area (Å²) in [6, 6.07) is 17.2. The summed E-state index contributed by atoms with van der Waals surface area (Å²) < 4.78 is 5.63. The van der Waals surface area contributed by atoms with Crippen LogP contribution in [0.15, 0.2) is 64.0 Å². The van der Waals surface area contributed by atoms with Gasteiger partial charge < -0.3 is 19.5 Å². The van der Waals surface area contributed by atoms with Crippen LogP contribution in [0.3, 0.4) is 0 Å². The standard InChI is InChI=1S/C30H34N6O3/c1-21-16-23-18-24(12-13-27(23)39-21)33-30(32-20-31)34-26-11-5-6-14-35(29(26)38)19-28(37)36-15-7-10-25(36)17-22-8-3-2-4-9-22/h2-4,8-9,12-13,16,18,25-26H,5-7,10-11,14-15,17,19H2,1H3,(H2,32,33,34)/t25?,26-/m0/s1. The number of nitrogens with zero attached hydrogens (tertiary/aromatic N) is 4. The van der Waals surface area contributed by atoms with E-state index >= 15 is 0 Å². The van der Waals surface area contributed by atoms with Gasteiger partial charge in [0.25, 0.3) is 0 Å². The molecule has 9 nitrogen and oxygen atoms in total. The number of anilines is 1. The molecule has 2 atom stereocenters. The number of benzene rings is 2. The fourth-order valence-corrected chi connectivity index (χ4v) is 5.57. The van der Waals surface area contributed by atoms with Crippen molar-refractivity contribution in [3.05, 3.63) is 65.9 Å². The molecule has 1 unspecified atom stereocenters. The van der Waals surface area contributed by atoms with Gasteiger partial charge in [0, 0.05) is 30.2 Å². The SMILES string of the molecule is Cc1cc2cc(NC(=N[C@H]3CCCCN(CC(=O)N4CCCC4Cc4ccccc4)C3=O)NC#N)ccc2o1. The van der Waals surface area contributed by atoms with Gasteiger partial charge in [0.1, 0.15) is 17.4 Å². The zero-order valence-electron chi connectivity index (χ0n) is 22.2. The Morgan fingerprint density at radius 2 is 1.95 bits per heavy atom. The lowest BCUT2D eigenvalue weighted by molar-refractivity contribution is -0.141. The van der Waals surface area contributed by atoms with Gasteiger partial charge in [-0.2, -0.15) is 5.26 Å². The molecule has 1 aromatic heterocycles. The van der Waals surface area contributed by atoms with Crippen molar-refractivity contribution in [3.63, 3.8) is 0 Å². The third-order valence-corrected chi connectivity index (χ3v) is 7.45. The van der Waals surface area contributed by atoms with Crippen LogP contribution in [0.25, 0.3) is 11.0 Å². The monoisotopic (exact) mass is 526 g/mol. The molecule has 2 amide bonds. The Bertz CT molecular complexity index is 1390. The first kappa shape index (κ1) is 26.3. The summed E-state index contributed by atoms with van der Waals surface area (Å²) in [5, 5.41) is 16.0. The summed E-state index contributed by atoms with van der Waals surface area (Å²) in [5.41, 5.74) is 2.71. The molecule has 0 saturated carbocycles. The van der Waals surface area contributed by atoms with Gasteiger partial charge in [-0.1, -0.05) is 30.3 Å². The second-order valence-corrected chi connectivity index (χ2v) is 10.3. The predicted molar refractivity (Wildman–Crippen MR) is 150 cm³/mol. The number of aliphatic imine (C=N–C) groups is 1. The fourth-order valence-electron chi connectivity index (χ4n) is 5.57. The van der Waals surface area contributed by atoms with Crippen LogP contribution in [0, 0.1) is 18.4 Å². The molecule has 0 aliphatic carbocycles. The molecule has 2 aliphatic rings. The number of furan rings is 1. The van der Waals surface area contributed by atoms with Crippen LogP contribution >= 0.6 is 0 Å². The number of amides is 2. The molecule has 2 N–H and O–H groups in total. The summed E-state index contributed by atoms with van der Waals surface area (Å²) in [6.07, 6.45) is 6.86. The summed E-state index contributed by atoms with van der Waals surface area (Å²) in [4.78, 5) is 35.1. The van der Waals surface area contributed by atoms with E-state index in [9.17, 15) is 14.9 Å². The third kappa shape index (κ3) is 6.40. The van der Waals surface area contributed by atoms with E-state index in [1.54, 1.807) is 4.90 Å². The van der Waals surface area contributed by atoms with Crippen molar-refractivity contribution in [3.8, 4) is 6.19 Å². The molecule has 0 bridgehead atoms. The number of aryl methyl sites for hydroxylation is 1. The quantitative estimate of drug-likeness (QED) is 0.215. The zero-order chi connectivity index (χ0) is 27.2. The number of carbonyl (C=O) groups is 2. The van der Waals surface area contributed by atoms with Gasteiger partial charge in [-0.25, -0.2) is 4.99 Å². The first-order valence-electron chi connectivity index (χ1n) is 13.6. The number of rotatable bonds is 6. The normalized spacial score (nSPS) is 20.1. The minimum atomic E-state index is -0.678. The van der Waals surface area contributed by atoms with E-state index < -0.39 is 6.04 Å². The smallest absolute Gasteiger partial charge is 0.247 e. The molecule has 39 heavy (non-hydrogen) atoms. The molecule has 3 aromatic rings. The minimum absolute atomic E-state index is 0.0105.